The molecule has 0 aliphatic heterocycles. The molecule has 0 unspecified atom stereocenters. The van der Waals surface area contributed by atoms with Crippen molar-refractivity contribution in [2.24, 2.45) is 0 Å². The summed E-state index contributed by atoms with van der Waals surface area (Å²) < 4.78 is 17.5. The summed E-state index contributed by atoms with van der Waals surface area (Å²) >= 11 is 0. The second kappa shape index (κ2) is 4.95. The van der Waals surface area contributed by atoms with E-state index in [0.29, 0.717) is 0 Å². The van der Waals surface area contributed by atoms with Gasteiger partial charge in [-0.1, -0.05) is 0 Å². The van der Waals surface area contributed by atoms with E-state index >= 15 is 0 Å². The number of alkyl halides is 1. The number of carboxylic acids is 1. The molecule has 0 spiro atoms. The molecule has 0 fully saturated rings. The van der Waals surface area contributed by atoms with E-state index < -0.39 is 29.9 Å². The highest BCUT2D eigenvalue weighted by Crippen LogP contribution is 2.07. The van der Waals surface area contributed by atoms with Crippen LogP contribution < -0.4 is 5.32 Å². The number of nitrogens with one attached hydrogen (secondary N) is 1. The van der Waals surface area contributed by atoms with Crippen LogP contribution in [0.15, 0.2) is 0 Å². The molecular weight excluding hydrogens is 205 g/mol. The molecule has 0 rings (SSSR count). The Morgan fingerprint density at radius 2 is 1.87 bits per heavy atom. The molecule has 88 valence electrons. The minimum atomic E-state index is -1.69. The zero-order valence-electron chi connectivity index (χ0n) is 9.20. The molecule has 2 atom stereocenters. The topological polar surface area (TPSA) is 75.6 Å². The van der Waals surface area contributed by atoms with Crippen LogP contribution in [-0.4, -0.2) is 35.0 Å². The summed E-state index contributed by atoms with van der Waals surface area (Å²) in [5.41, 5.74) is -0.743. The van der Waals surface area contributed by atoms with Gasteiger partial charge in [0.1, 0.15) is 11.8 Å². The first-order chi connectivity index (χ1) is 6.63. The minimum absolute atomic E-state index is 0.743. The summed E-state index contributed by atoms with van der Waals surface area (Å²) in [7, 11) is 0. The van der Waals surface area contributed by atoms with Gasteiger partial charge in [0.15, 0.2) is 6.04 Å². The Labute approximate surface area is 87.6 Å². The van der Waals surface area contributed by atoms with E-state index in [0.717, 1.165) is 6.92 Å². The van der Waals surface area contributed by atoms with Crippen LogP contribution in [-0.2, 0) is 9.53 Å². The summed E-state index contributed by atoms with van der Waals surface area (Å²) in [6, 6.07) is -1.58. The van der Waals surface area contributed by atoms with E-state index in [-0.39, 0.29) is 0 Å². The molecule has 5 nitrogen and oxygen atoms in total. The highest BCUT2D eigenvalue weighted by Gasteiger charge is 2.28. The summed E-state index contributed by atoms with van der Waals surface area (Å²) in [5, 5.41) is 10.5. The van der Waals surface area contributed by atoms with Gasteiger partial charge in [0.05, 0.1) is 0 Å². The molecule has 0 bridgehead atoms. The lowest BCUT2D eigenvalue weighted by Gasteiger charge is -2.22. The SMILES string of the molecule is C[C@H](F)[C@@H](NC(=O)OC(C)(C)C)C(=O)O. The molecule has 0 aromatic rings. The van der Waals surface area contributed by atoms with Crippen LogP contribution in [0.2, 0.25) is 0 Å². The second-order valence-electron chi connectivity index (χ2n) is 4.14. The Kier molecular flexibility index (Phi) is 4.51. The van der Waals surface area contributed by atoms with Gasteiger partial charge in [-0.15, -0.1) is 0 Å². The average molecular weight is 221 g/mol. The van der Waals surface area contributed by atoms with Gasteiger partial charge in [0.2, 0.25) is 0 Å². The van der Waals surface area contributed by atoms with Crippen molar-refractivity contribution in [3.05, 3.63) is 0 Å². The zero-order chi connectivity index (χ0) is 12.2. The maximum Gasteiger partial charge on any atom is 0.408 e. The molecule has 0 heterocycles. The fraction of sp³-hybridized carbons (Fsp3) is 0.778. The molecule has 0 aromatic carbocycles. The largest absolute Gasteiger partial charge is 0.480 e. The Bertz CT molecular complexity index is 247. The van der Waals surface area contributed by atoms with Crippen LogP contribution >= 0.6 is 0 Å². The maximum atomic E-state index is 12.8. The smallest absolute Gasteiger partial charge is 0.408 e. The number of carbonyl (C=O) groups is 2. The molecule has 0 radical (unpaired) electrons. The van der Waals surface area contributed by atoms with Crippen molar-refractivity contribution >= 4 is 12.1 Å². The number of alkyl carbamates (subject to hydrolysis) is 1. The maximum absolute atomic E-state index is 12.8. The van der Waals surface area contributed by atoms with Crippen molar-refractivity contribution in [2.75, 3.05) is 0 Å². The van der Waals surface area contributed by atoms with E-state index in [1.54, 1.807) is 20.8 Å². The third-order valence-corrected chi connectivity index (χ3v) is 1.40. The van der Waals surface area contributed by atoms with Gasteiger partial charge >= 0.3 is 12.1 Å². The van der Waals surface area contributed by atoms with Crippen molar-refractivity contribution in [1.29, 1.82) is 0 Å². The first-order valence-electron chi connectivity index (χ1n) is 4.50. The van der Waals surface area contributed by atoms with Gasteiger partial charge in [0.25, 0.3) is 0 Å². The molecule has 0 aromatic heterocycles. The number of hydrogen-bond donors (Lipinski definition) is 2. The molecule has 2 N–H and O–H groups in total. The van der Waals surface area contributed by atoms with Crippen LogP contribution in [0.3, 0.4) is 0 Å². The van der Waals surface area contributed by atoms with Gasteiger partial charge in [-0.3, -0.25) is 0 Å². The molecule has 6 heteroatoms. The van der Waals surface area contributed by atoms with E-state index in [2.05, 4.69) is 0 Å². The van der Waals surface area contributed by atoms with Gasteiger partial charge in [0, 0.05) is 0 Å². The van der Waals surface area contributed by atoms with E-state index in [9.17, 15) is 14.0 Å². The first kappa shape index (κ1) is 13.7. The Hall–Kier alpha value is -1.33. The third kappa shape index (κ3) is 5.87. The average Bonchev–Trinajstić information content (AvgIpc) is 1.95. The van der Waals surface area contributed by atoms with Crippen molar-refractivity contribution < 1.29 is 23.8 Å². The van der Waals surface area contributed by atoms with Gasteiger partial charge in [-0.2, -0.15) is 0 Å². The van der Waals surface area contributed by atoms with Crippen LogP contribution in [0.25, 0.3) is 0 Å². The number of carbonyl (C=O) groups excluding carboxylic acids is 1. The number of halogens is 1. The summed E-state index contributed by atoms with van der Waals surface area (Å²) in [5.74, 6) is -1.43. The summed E-state index contributed by atoms with van der Waals surface area (Å²) in [4.78, 5) is 21.6. The third-order valence-electron chi connectivity index (χ3n) is 1.40. The molecule has 0 saturated heterocycles. The number of amides is 1. The monoisotopic (exact) mass is 221 g/mol. The van der Waals surface area contributed by atoms with E-state index in [1.165, 1.54) is 0 Å². The summed E-state index contributed by atoms with van der Waals surface area (Å²) in [6.45, 7) is 5.93. The number of hydrogen-bond acceptors (Lipinski definition) is 3. The van der Waals surface area contributed by atoms with Gasteiger partial charge in [-0.05, 0) is 27.7 Å². The fourth-order valence-corrected chi connectivity index (χ4v) is 0.808. The molecule has 1 amide bonds. The van der Waals surface area contributed by atoms with Crippen molar-refractivity contribution in [2.45, 2.75) is 45.5 Å². The number of aliphatic carboxylic acids is 1. The normalized spacial score (nSPS) is 15.3. The lowest BCUT2D eigenvalue weighted by Crippen LogP contribution is -2.47. The quantitative estimate of drug-likeness (QED) is 0.753. The molecule has 15 heavy (non-hydrogen) atoms. The second-order valence-corrected chi connectivity index (χ2v) is 4.14. The van der Waals surface area contributed by atoms with E-state index in [4.69, 9.17) is 9.84 Å². The molecule has 0 aliphatic rings. The predicted molar refractivity (Wildman–Crippen MR) is 51.4 cm³/mol. The van der Waals surface area contributed by atoms with E-state index in [1.807, 2.05) is 5.32 Å². The van der Waals surface area contributed by atoms with Crippen LogP contribution in [0.5, 0.6) is 0 Å². The van der Waals surface area contributed by atoms with Crippen molar-refractivity contribution in [1.82, 2.24) is 5.32 Å². The van der Waals surface area contributed by atoms with Crippen LogP contribution in [0, 0.1) is 0 Å². The lowest BCUT2D eigenvalue weighted by molar-refractivity contribution is -0.141. The Morgan fingerprint density at radius 1 is 1.40 bits per heavy atom. The fourth-order valence-electron chi connectivity index (χ4n) is 0.808. The molecule has 0 saturated carbocycles. The molecular formula is C9H16FNO4. The summed E-state index contributed by atoms with van der Waals surface area (Å²) in [6.07, 6.45) is -2.63. The number of ether oxygens (including phenoxy) is 1. The number of rotatable bonds is 3. The first-order valence-corrected chi connectivity index (χ1v) is 4.50. The van der Waals surface area contributed by atoms with Crippen molar-refractivity contribution in [3.8, 4) is 0 Å². The van der Waals surface area contributed by atoms with Gasteiger partial charge < -0.3 is 15.2 Å². The minimum Gasteiger partial charge on any atom is -0.480 e. The Balaban J connectivity index is 4.31. The predicted octanol–water partition coefficient (Wildman–Crippen LogP) is 1.32. The zero-order valence-corrected chi connectivity index (χ0v) is 9.20. The standard InChI is InChI=1S/C9H16FNO4/c1-5(10)6(7(12)13)11-8(14)15-9(2,3)4/h5-6H,1-4H3,(H,11,14)(H,12,13)/t5-,6+/m0/s1. The highest BCUT2D eigenvalue weighted by molar-refractivity contribution is 5.80. The Morgan fingerprint density at radius 3 is 2.13 bits per heavy atom. The van der Waals surface area contributed by atoms with Crippen LogP contribution in [0.4, 0.5) is 9.18 Å². The van der Waals surface area contributed by atoms with Gasteiger partial charge in [-0.25, -0.2) is 14.0 Å². The van der Waals surface area contributed by atoms with Crippen molar-refractivity contribution in [3.63, 3.8) is 0 Å². The van der Waals surface area contributed by atoms with Crippen LogP contribution in [0.1, 0.15) is 27.7 Å². The highest BCUT2D eigenvalue weighted by atomic mass is 19.1. The number of carboxylic acid groups (broad SMARTS) is 1. The molecule has 0 aliphatic carbocycles. The lowest BCUT2D eigenvalue weighted by atomic mass is 10.2.